The minimum Gasteiger partial charge on any atom is -0.756 e. The van der Waals surface area contributed by atoms with Crippen molar-refractivity contribution in [3.05, 3.63) is 97.2 Å². The summed E-state index contributed by atoms with van der Waals surface area (Å²) in [5.41, 5.74) is 0. The molecule has 9 nitrogen and oxygen atoms in total. The van der Waals surface area contributed by atoms with Crippen LogP contribution >= 0.6 is 7.82 Å². The molecule has 0 fully saturated rings. The van der Waals surface area contributed by atoms with Crippen molar-refractivity contribution in [3.63, 3.8) is 0 Å². The summed E-state index contributed by atoms with van der Waals surface area (Å²) in [6.45, 7) is 3.99. The third-order valence-electron chi connectivity index (χ3n) is 10.1. The summed E-state index contributed by atoms with van der Waals surface area (Å²) in [6.07, 6.45) is 60.8. The van der Waals surface area contributed by atoms with Gasteiger partial charge in [0.2, 0.25) is 0 Å². The van der Waals surface area contributed by atoms with Crippen LogP contribution in [0.1, 0.15) is 181 Å². The Morgan fingerprint density at radius 1 is 0.500 bits per heavy atom. The zero-order valence-corrected chi connectivity index (χ0v) is 42.1. The second kappa shape index (κ2) is 45.1. The van der Waals surface area contributed by atoms with E-state index in [-0.39, 0.29) is 26.1 Å². The molecular weight excluding hydrogens is 822 g/mol. The number of phosphoric acid groups is 1. The van der Waals surface area contributed by atoms with Gasteiger partial charge in [-0.05, 0) is 77.0 Å². The average Bonchev–Trinajstić information content (AvgIpc) is 3.25. The lowest BCUT2D eigenvalue weighted by molar-refractivity contribution is -0.870. The Hall–Kier alpha value is -3.07. The molecule has 10 heteroatoms. The topological polar surface area (TPSA) is 111 Å². The molecule has 0 aromatic heterocycles. The molecule has 0 saturated heterocycles. The molecule has 0 aliphatic carbocycles. The van der Waals surface area contributed by atoms with Crippen LogP contribution in [0.4, 0.5) is 0 Å². The summed E-state index contributed by atoms with van der Waals surface area (Å²) in [4.78, 5) is 37.2. The molecule has 0 N–H and O–H groups in total. The number of likely N-dealkylation sites (N-methyl/N-ethyl adjacent to an activating group) is 1. The van der Waals surface area contributed by atoms with E-state index in [9.17, 15) is 19.0 Å². The Kier molecular flexibility index (Phi) is 42.9. The zero-order valence-electron chi connectivity index (χ0n) is 41.2. The highest BCUT2D eigenvalue weighted by Crippen LogP contribution is 2.38. The minimum atomic E-state index is -4.62. The van der Waals surface area contributed by atoms with Gasteiger partial charge in [0, 0.05) is 12.8 Å². The predicted molar refractivity (Wildman–Crippen MR) is 268 cm³/mol. The number of allylic oxidation sites excluding steroid dienone is 16. The van der Waals surface area contributed by atoms with Crippen LogP contribution in [0.15, 0.2) is 97.2 Å². The maximum atomic E-state index is 12.6. The number of phosphoric ester groups is 1. The van der Waals surface area contributed by atoms with Crippen LogP contribution in [0.5, 0.6) is 0 Å². The molecular formula is C54H92NO8P. The number of esters is 2. The van der Waals surface area contributed by atoms with Gasteiger partial charge in [-0.3, -0.25) is 14.2 Å². The number of hydrogen-bond donors (Lipinski definition) is 0. The zero-order chi connectivity index (χ0) is 47.1. The van der Waals surface area contributed by atoms with Gasteiger partial charge in [0.15, 0.2) is 6.10 Å². The predicted octanol–water partition coefficient (Wildman–Crippen LogP) is 14.3. The molecule has 0 aliphatic rings. The van der Waals surface area contributed by atoms with Gasteiger partial charge in [-0.15, -0.1) is 0 Å². The number of hydrogen-bond acceptors (Lipinski definition) is 8. The fraction of sp³-hybridized carbons (Fsp3) is 0.667. The highest BCUT2D eigenvalue weighted by atomic mass is 31.2. The lowest BCUT2D eigenvalue weighted by Gasteiger charge is -2.28. The van der Waals surface area contributed by atoms with Crippen molar-refractivity contribution >= 4 is 19.8 Å². The SMILES string of the molecule is CC/C=C\C/C=C\C/C=C\C/C=C\C/C=C\C/C=C\C/C=C\C/C=C\CCCCCCCCCCCCC(=O)OC(COC(=O)CCCCCCC)COP(=O)([O-])OCC[N+](C)(C)C. The summed E-state index contributed by atoms with van der Waals surface area (Å²) in [7, 11) is 1.15. The number of quaternary nitrogens is 1. The quantitative estimate of drug-likeness (QED) is 0.0195. The van der Waals surface area contributed by atoms with E-state index < -0.39 is 32.5 Å². The normalized spacial score (nSPS) is 14.3. The Bertz CT molecular complexity index is 1400. The Labute approximate surface area is 392 Å². The van der Waals surface area contributed by atoms with E-state index in [1.807, 2.05) is 21.1 Å². The molecule has 0 saturated carbocycles. The second-order valence-corrected chi connectivity index (χ2v) is 18.9. The fourth-order valence-electron chi connectivity index (χ4n) is 6.26. The van der Waals surface area contributed by atoms with E-state index in [4.69, 9.17) is 18.5 Å². The van der Waals surface area contributed by atoms with E-state index in [1.54, 1.807) is 0 Å². The number of carbonyl (C=O) groups is 2. The number of nitrogens with zero attached hydrogens (tertiary/aromatic N) is 1. The molecule has 0 bridgehead atoms. The minimum absolute atomic E-state index is 0.0354. The van der Waals surface area contributed by atoms with Gasteiger partial charge in [-0.2, -0.15) is 0 Å². The van der Waals surface area contributed by atoms with E-state index in [0.717, 1.165) is 109 Å². The Balaban J connectivity index is 3.99. The highest BCUT2D eigenvalue weighted by molar-refractivity contribution is 7.45. The van der Waals surface area contributed by atoms with Gasteiger partial charge in [0.1, 0.15) is 19.8 Å². The number of rotatable bonds is 44. The van der Waals surface area contributed by atoms with E-state index >= 15 is 0 Å². The molecule has 0 aromatic rings. The molecule has 0 aliphatic heterocycles. The molecule has 0 aromatic carbocycles. The second-order valence-electron chi connectivity index (χ2n) is 17.5. The molecule has 0 rings (SSSR count). The van der Waals surface area contributed by atoms with Gasteiger partial charge >= 0.3 is 11.9 Å². The monoisotopic (exact) mass is 914 g/mol. The van der Waals surface area contributed by atoms with Crippen molar-refractivity contribution in [1.82, 2.24) is 0 Å². The number of carbonyl (C=O) groups excluding carboxylic acids is 2. The largest absolute Gasteiger partial charge is 0.756 e. The lowest BCUT2D eigenvalue weighted by Crippen LogP contribution is -2.37. The van der Waals surface area contributed by atoms with Crippen LogP contribution in [0.3, 0.4) is 0 Å². The first kappa shape index (κ1) is 60.9. The van der Waals surface area contributed by atoms with Crippen molar-refractivity contribution in [3.8, 4) is 0 Å². The maximum Gasteiger partial charge on any atom is 0.306 e. The van der Waals surface area contributed by atoms with Crippen molar-refractivity contribution in [1.29, 1.82) is 0 Å². The Morgan fingerprint density at radius 3 is 1.33 bits per heavy atom. The molecule has 2 unspecified atom stereocenters. The summed E-state index contributed by atoms with van der Waals surface area (Å²) >= 11 is 0. The van der Waals surface area contributed by atoms with E-state index in [2.05, 4.69) is 111 Å². The molecule has 0 amide bonds. The summed E-state index contributed by atoms with van der Waals surface area (Å²) in [6, 6.07) is 0. The molecule has 366 valence electrons. The smallest absolute Gasteiger partial charge is 0.306 e. The van der Waals surface area contributed by atoms with Gasteiger partial charge in [-0.25, -0.2) is 0 Å². The first-order valence-corrected chi connectivity index (χ1v) is 26.4. The molecule has 0 spiro atoms. The molecule has 2 atom stereocenters. The van der Waals surface area contributed by atoms with Gasteiger partial charge in [-0.1, -0.05) is 188 Å². The maximum absolute atomic E-state index is 12.6. The summed E-state index contributed by atoms with van der Waals surface area (Å²) in [5.74, 6) is -0.860. The van der Waals surface area contributed by atoms with E-state index in [0.29, 0.717) is 17.4 Å². The van der Waals surface area contributed by atoms with Crippen LogP contribution < -0.4 is 4.89 Å². The van der Waals surface area contributed by atoms with Crippen LogP contribution in [0, 0.1) is 0 Å². The summed E-state index contributed by atoms with van der Waals surface area (Å²) < 4.78 is 33.7. The lowest BCUT2D eigenvalue weighted by atomic mass is 10.0. The highest BCUT2D eigenvalue weighted by Gasteiger charge is 2.21. The van der Waals surface area contributed by atoms with Crippen LogP contribution in [0.2, 0.25) is 0 Å². The molecule has 64 heavy (non-hydrogen) atoms. The van der Waals surface area contributed by atoms with Crippen LogP contribution in [-0.4, -0.2) is 70.0 Å². The Morgan fingerprint density at radius 2 is 0.891 bits per heavy atom. The molecule has 0 heterocycles. The first-order valence-electron chi connectivity index (χ1n) is 24.9. The van der Waals surface area contributed by atoms with Crippen LogP contribution in [0.25, 0.3) is 0 Å². The number of ether oxygens (including phenoxy) is 2. The fourth-order valence-corrected chi connectivity index (χ4v) is 6.99. The van der Waals surface area contributed by atoms with Gasteiger partial charge < -0.3 is 27.9 Å². The standard InChI is InChI=1S/C54H92NO8P/c1-6-8-10-12-13-14-15-16-17-18-19-20-21-22-23-24-25-26-27-28-29-30-31-32-33-34-35-36-37-38-39-40-41-43-45-47-54(57)63-52(50-60-53(56)46-44-42-11-9-7-2)51-62-64(58,59)61-49-48-55(3,4)5/h8,10,13-14,16-17,19-20,22-23,25-26,28-29,31-32,52H,6-7,9,11-12,15,18,21,24,27,30,33-51H2,1-5H3/b10-8-,14-13-,17-16-,20-19-,23-22-,26-25-,29-28-,32-31-. The average molecular weight is 914 g/mol. The third-order valence-corrected chi connectivity index (χ3v) is 11.1. The van der Waals surface area contributed by atoms with Gasteiger partial charge in [0.25, 0.3) is 7.82 Å². The van der Waals surface area contributed by atoms with Crippen LogP contribution in [-0.2, 0) is 32.7 Å². The van der Waals surface area contributed by atoms with Crippen molar-refractivity contribution in [2.75, 3.05) is 47.5 Å². The first-order chi connectivity index (χ1) is 31.0. The summed E-state index contributed by atoms with van der Waals surface area (Å²) in [5, 5.41) is 0. The van der Waals surface area contributed by atoms with Gasteiger partial charge in [0.05, 0.1) is 27.7 Å². The third kappa shape index (κ3) is 48.4. The van der Waals surface area contributed by atoms with E-state index in [1.165, 1.54) is 38.5 Å². The van der Waals surface area contributed by atoms with Crippen molar-refractivity contribution < 1.29 is 42.1 Å². The number of unbranched alkanes of at least 4 members (excludes halogenated alkanes) is 14. The van der Waals surface area contributed by atoms with Crippen molar-refractivity contribution in [2.24, 2.45) is 0 Å². The van der Waals surface area contributed by atoms with Crippen molar-refractivity contribution in [2.45, 2.75) is 187 Å². The molecule has 0 radical (unpaired) electrons.